The normalized spacial score (nSPS) is 12.2. The van der Waals surface area contributed by atoms with Gasteiger partial charge in [0, 0.05) is 55.9 Å². The summed E-state index contributed by atoms with van der Waals surface area (Å²) in [5, 5.41) is 3.72. The van der Waals surface area contributed by atoms with Gasteiger partial charge in [0.2, 0.25) is 10.0 Å². The van der Waals surface area contributed by atoms with Crippen LogP contribution in [0.3, 0.4) is 0 Å². The molecule has 3 N–H and O–H groups in total. The van der Waals surface area contributed by atoms with E-state index in [1.54, 1.807) is 24.1 Å². The highest BCUT2D eigenvalue weighted by atomic mass is 32.2. The second kappa shape index (κ2) is 9.72. The minimum absolute atomic E-state index is 0.0307. The molecule has 3 rings (SSSR count). The van der Waals surface area contributed by atoms with Gasteiger partial charge in [-0.1, -0.05) is 6.07 Å². The first-order valence-corrected chi connectivity index (χ1v) is 11.3. The third-order valence-electron chi connectivity index (χ3n) is 4.92. The van der Waals surface area contributed by atoms with Crippen LogP contribution >= 0.6 is 0 Å². The van der Waals surface area contributed by atoms with Gasteiger partial charge in [-0.15, -0.1) is 0 Å². The molecule has 1 aromatic heterocycles. The number of aromatic amines is 1. The molecule has 0 radical (unpaired) electrons. The van der Waals surface area contributed by atoms with Crippen LogP contribution in [-0.2, 0) is 16.2 Å². The largest absolute Gasteiger partial charge is 0.416 e. The van der Waals surface area contributed by atoms with Crippen molar-refractivity contribution in [3.05, 3.63) is 70.6 Å². The maximum atomic E-state index is 12.6. The van der Waals surface area contributed by atoms with Gasteiger partial charge in [-0.05, 0) is 42.5 Å². The molecule has 0 unspecified atom stereocenters. The molecule has 172 valence electrons. The molecule has 0 bridgehead atoms. The number of likely N-dealkylation sites (N-methyl/N-ethyl adjacent to an activating group) is 1. The number of hydrogen-bond acceptors (Lipinski definition) is 5. The number of hydrogen-bond donors (Lipinski definition) is 3. The van der Waals surface area contributed by atoms with Crippen molar-refractivity contribution in [1.82, 2.24) is 15.0 Å². The van der Waals surface area contributed by atoms with Crippen molar-refractivity contribution in [1.29, 1.82) is 0 Å². The zero-order valence-electron chi connectivity index (χ0n) is 17.2. The summed E-state index contributed by atoms with van der Waals surface area (Å²) >= 11 is 0. The fraction of sp³-hybridized carbons (Fsp3) is 0.286. The standard InChI is InChI=1S/C21H23F3N4O3S/c1-28(16-7-5-15(6-8-16)21(22,23)24)14-13-25-11-12-27-32(30,31)19-4-2-3-18-17(19)9-10-26-20(18)29/h2-10,25,27H,11-14H2,1H3,(H,26,29). The Morgan fingerprint density at radius 2 is 1.69 bits per heavy atom. The molecule has 32 heavy (non-hydrogen) atoms. The summed E-state index contributed by atoms with van der Waals surface area (Å²) in [5.41, 5.74) is -0.416. The average molecular weight is 469 g/mol. The molecule has 0 saturated carbocycles. The van der Waals surface area contributed by atoms with Gasteiger partial charge >= 0.3 is 6.18 Å². The second-order valence-corrected chi connectivity index (χ2v) is 8.87. The molecule has 0 spiro atoms. The zero-order chi connectivity index (χ0) is 23.4. The van der Waals surface area contributed by atoms with Crippen molar-refractivity contribution in [3.63, 3.8) is 0 Å². The molecule has 1 heterocycles. The summed E-state index contributed by atoms with van der Waals surface area (Å²) in [6.45, 7) is 1.50. The molecule has 3 aromatic rings. The molecule has 0 aliphatic heterocycles. The van der Waals surface area contributed by atoms with Gasteiger partial charge in [0.05, 0.1) is 10.5 Å². The van der Waals surface area contributed by atoms with Crippen molar-refractivity contribution in [3.8, 4) is 0 Å². The highest BCUT2D eigenvalue weighted by Gasteiger charge is 2.30. The number of halogens is 3. The minimum atomic E-state index is -4.37. The first kappa shape index (κ1) is 23.8. The lowest BCUT2D eigenvalue weighted by atomic mass is 10.2. The number of benzene rings is 2. The quantitative estimate of drug-likeness (QED) is 0.420. The summed E-state index contributed by atoms with van der Waals surface area (Å²) in [6.07, 6.45) is -2.97. The fourth-order valence-corrected chi connectivity index (χ4v) is 4.44. The molecule has 0 atom stereocenters. The van der Waals surface area contributed by atoms with Crippen molar-refractivity contribution in [2.24, 2.45) is 0 Å². The lowest BCUT2D eigenvalue weighted by molar-refractivity contribution is -0.137. The Kier molecular flexibility index (Phi) is 7.22. The summed E-state index contributed by atoms with van der Waals surface area (Å²) in [4.78, 5) is 16.2. The Bertz CT molecular complexity index is 1230. The highest BCUT2D eigenvalue weighted by Crippen LogP contribution is 2.30. The second-order valence-electron chi connectivity index (χ2n) is 7.14. The number of pyridine rings is 1. The van der Waals surface area contributed by atoms with Crippen molar-refractivity contribution < 1.29 is 21.6 Å². The summed E-state index contributed by atoms with van der Waals surface area (Å²) in [7, 11) is -2.05. The van der Waals surface area contributed by atoms with E-state index in [9.17, 15) is 26.4 Å². The van der Waals surface area contributed by atoms with Gasteiger partial charge in [-0.25, -0.2) is 13.1 Å². The third kappa shape index (κ3) is 5.67. The first-order valence-electron chi connectivity index (χ1n) is 9.79. The van der Waals surface area contributed by atoms with E-state index >= 15 is 0 Å². The van der Waals surface area contributed by atoms with Crippen molar-refractivity contribution >= 4 is 26.5 Å². The molecular weight excluding hydrogens is 445 g/mol. The Balaban J connectivity index is 1.48. The molecule has 0 aliphatic rings. The molecule has 11 heteroatoms. The van der Waals surface area contributed by atoms with Gasteiger partial charge in [0.25, 0.3) is 5.56 Å². The average Bonchev–Trinajstić information content (AvgIpc) is 2.75. The van der Waals surface area contributed by atoms with Gasteiger partial charge in [-0.3, -0.25) is 4.79 Å². The van der Waals surface area contributed by atoms with E-state index in [0.717, 1.165) is 12.1 Å². The summed E-state index contributed by atoms with van der Waals surface area (Å²) < 4.78 is 65.7. The number of rotatable bonds is 9. The number of fused-ring (bicyclic) bond motifs is 1. The first-order chi connectivity index (χ1) is 15.1. The number of sulfonamides is 1. The maximum Gasteiger partial charge on any atom is 0.416 e. The minimum Gasteiger partial charge on any atom is -0.373 e. The number of alkyl halides is 3. The van der Waals surface area contributed by atoms with E-state index in [0.29, 0.717) is 36.1 Å². The number of H-pyrrole nitrogens is 1. The molecule has 0 aliphatic carbocycles. The van der Waals surface area contributed by atoms with E-state index in [2.05, 4.69) is 15.0 Å². The lowest BCUT2D eigenvalue weighted by Crippen LogP contribution is -2.35. The third-order valence-corrected chi connectivity index (χ3v) is 6.44. The SMILES string of the molecule is CN(CCNCCNS(=O)(=O)c1cccc2c(=O)[nH]ccc12)c1ccc(C(F)(F)F)cc1. The van der Waals surface area contributed by atoms with Crippen LogP contribution in [0.2, 0.25) is 0 Å². The molecule has 0 fully saturated rings. The summed E-state index contributed by atoms with van der Waals surface area (Å²) in [5.74, 6) is 0. The van der Waals surface area contributed by atoms with Gasteiger partial charge in [0.15, 0.2) is 0 Å². The predicted octanol–water partition coefficient (Wildman–Crippen LogP) is 2.55. The van der Waals surface area contributed by atoms with Crippen LogP contribution < -0.4 is 20.5 Å². The number of nitrogens with zero attached hydrogens (tertiary/aromatic N) is 1. The van der Waals surface area contributed by atoms with Crippen molar-refractivity contribution in [2.75, 3.05) is 38.1 Å². The van der Waals surface area contributed by atoms with E-state index in [4.69, 9.17) is 0 Å². The van der Waals surface area contributed by atoms with Crippen LogP contribution in [0.1, 0.15) is 5.56 Å². The van der Waals surface area contributed by atoms with Crippen LogP contribution in [0.15, 0.2) is 64.4 Å². The van der Waals surface area contributed by atoms with Crippen molar-refractivity contribution in [2.45, 2.75) is 11.1 Å². The molecule has 2 aromatic carbocycles. The van der Waals surface area contributed by atoms with Crippen LogP contribution in [0.4, 0.5) is 18.9 Å². The monoisotopic (exact) mass is 468 g/mol. The van der Waals surface area contributed by atoms with Crippen LogP contribution in [0, 0.1) is 0 Å². The number of aromatic nitrogens is 1. The Hall–Kier alpha value is -2.89. The van der Waals surface area contributed by atoms with E-state index in [1.165, 1.54) is 30.5 Å². The zero-order valence-corrected chi connectivity index (χ0v) is 18.1. The Morgan fingerprint density at radius 3 is 2.38 bits per heavy atom. The maximum absolute atomic E-state index is 12.6. The topological polar surface area (TPSA) is 94.3 Å². The molecule has 0 saturated heterocycles. The lowest BCUT2D eigenvalue weighted by Gasteiger charge is -2.20. The molecule has 7 nitrogen and oxygen atoms in total. The predicted molar refractivity (Wildman–Crippen MR) is 117 cm³/mol. The fourth-order valence-electron chi connectivity index (χ4n) is 3.18. The smallest absolute Gasteiger partial charge is 0.373 e. The van der Waals surface area contributed by atoms with Crippen LogP contribution in [0.5, 0.6) is 0 Å². The van der Waals surface area contributed by atoms with Gasteiger partial charge in [-0.2, -0.15) is 13.2 Å². The van der Waals surface area contributed by atoms with E-state index in [1.807, 2.05) is 0 Å². The van der Waals surface area contributed by atoms with Gasteiger partial charge < -0.3 is 15.2 Å². The molecular formula is C21H23F3N4O3S. The number of nitrogens with one attached hydrogen (secondary N) is 3. The van der Waals surface area contributed by atoms with Crippen LogP contribution in [0.25, 0.3) is 10.8 Å². The Labute approximate surface area is 183 Å². The van der Waals surface area contributed by atoms with E-state index < -0.39 is 21.8 Å². The highest BCUT2D eigenvalue weighted by molar-refractivity contribution is 7.89. The van der Waals surface area contributed by atoms with Crippen LogP contribution in [-0.4, -0.2) is 46.6 Å². The summed E-state index contributed by atoms with van der Waals surface area (Å²) in [6, 6.07) is 10.9. The van der Waals surface area contributed by atoms with E-state index in [-0.39, 0.29) is 17.0 Å². The van der Waals surface area contributed by atoms with Gasteiger partial charge in [0.1, 0.15) is 0 Å². The Morgan fingerprint density at radius 1 is 0.969 bits per heavy atom. The number of anilines is 1. The molecule has 0 amide bonds.